The van der Waals surface area contributed by atoms with Crippen LogP contribution in [0.15, 0.2) is 0 Å². The second-order valence-electron chi connectivity index (χ2n) is 6.88. The van der Waals surface area contributed by atoms with Gasteiger partial charge in [-0.15, -0.1) is 0 Å². The Morgan fingerprint density at radius 1 is 1.11 bits per heavy atom. The molecule has 1 saturated heterocycles. The predicted octanol–water partition coefficient (Wildman–Crippen LogP) is 3.33. The summed E-state index contributed by atoms with van der Waals surface area (Å²) in [5.41, 5.74) is 0.604. The number of hydrogen-bond acceptors (Lipinski definition) is 2. The van der Waals surface area contributed by atoms with E-state index in [2.05, 4.69) is 17.6 Å². The van der Waals surface area contributed by atoms with Gasteiger partial charge < -0.3 is 10.6 Å². The molecular weight excluding hydrogens is 220 g/mol. The zero-order valence-electron chi connectivity index (χ0n) is 12.3. The highest BCUT2D eigenvalue weighted by Gasteiger charge is 2.25. The van der Waals surface area contributed by atoms with Gasteiger partial charge in [-0.3, -0.25) is 0 Å². The van der Waals surface area contributed by atoms with E-state index in [0.717, 1.165) is 5.92 Å². The number of nitrogens with one attached hydrogen (secondary N) is 2. The van der Waals surface area contributed by atoms with Crippen molar-refractivity contribution < 1.29 is 0 Å². The van der Waals surface area contributed by atoms with Crippen molar-refractivity contribution in [2.75, 3.05) is 26.2 Å². The van der Waals surface area contributed by atoms with Gasteiger partial charge in [0.2, 0.25) is 0 Å². The predicted molar refractivity (Wildman–Crippen MR) is 78.9 cm³/mol. The third-order valence-electron chi connectivity index (χ3n) is 5.04. The second-order valence-corrected chi connectivity index (χ2v) is 6.88. The lowest BCUT2D eigenvalue weighted by Gasteiger charge is -2.34. The minimum Gasteiger partial charge on any atom is -0.317 e. The van der Waals surface area contributed by atoms with Crippen LogP contribution in [0, 0.1) is 11.3 Å². The fraction of sp³-hybridized carbons (Fsp3) is 1.00. The van der Waals surface area contributed by atoms with Gasteiger partial charge >= 0.3 is 0 Å². The Morgan fingerprint density at radius 2 is 1.83 bits per heavy atom. The molecule has 18 heavy (non-hydrogen) atoms. The lowest BCUT2D eigenvalue weighted by Crippen LogP contribution is -2.34. The largest absolute Gasteiger partial charge is 0.317 e. The first-order chi connectivity index (χ1) is 8.79. The van der Waals surface area contributed by atoms with Crippen molar-refractivity contribution >= 4 is 0 Å². The molecule has 2 rings (SSSR count). The van der Waals surface area contributed by atoms with Gasteiger partial charge in [0.1, 0.15) is 0 Å². The smallest absolute Gasteiger partial charge is 0.000516 e. The summed E-state index contributed by atoms with van der Waals surface area (Å²) < 4.78 is 0. The van der Waals surface area contributed by atoms with E-state index in [4.69, 9.17) is 0 Å². The molecule has 2 N–H and O–H groups in total. The molecule has 1 saturated carbocycles. The molecule has 106 valence electrons. The van der Waals surface area contributed by atoms with E-state index in [9.17, 15) is 0 Å². The lowest BCUT2D eigenvalue weighted by atomic mass is 9.76. The van der Waals surface area contributed by atoms with E-state index in [-0.39, 0.29) is 0 Å². The van der Waals surface area contributed by atoms with Crippen molar-refractivity contribution in [3.8, 4) is 0 Å². The second kappa shape index (κ2) is 7.49. The summed E-state index contributed by atoms with van der Waals surface area (Å²) in [6, 6.07) is 0. The Labute approximate surface area is 113 Å². The van der Waals surface area contributed by atoms with Gasteiger partial charge in [-0.1, -0.05) is 26.2 Å². The van der Waals surface area contributed by atoms with Crippen molar-refractivity contribution in [3.05, 3.63) is 0 Å². The summed E-state index contributed by atoms with van der Waals surface area (Å²) in [5, 5.41) is 7.17. The highest BCUT2D eigenvalue weighted by molar-refractivity contribution is 4.80. The fourth-order valence-corrected chi connectivity index (χ4v) is 3.66. The third-order valence-corrected chi connectivity index (χ3v) is 5.04. The molecule has 1 aliphatic carbocycles. The zero-order chi connectivity index (χ0) is 12.7. The molecule has 0 aromatic rings. The SMILES string of the molecule is CC1(CNCCCC2CCNCC2)CCCCC1. The molecule has 2 nitrogen and oxygen atoms in total. The van der Waals surface area contributed by atoms with Crippen LogP contribution in [0.5, 0.6) is 0 Å². The van der Waals surface area contributed by atoms with Crippen LogP contribution in [0.1, 0.15) is 64.7 Å². The van der Waals surface area contributed by atoms with E-state index in [0.29, 0.717) is 5.41 Å². The average molecular weight is 252 g/mol. The Bertz CT molecular complexity index is 215. The molecule has 1 aliphatic heterocycles. The molecule has 1 heterocycles. The van der Waals surface area contributed by atoms with Gasteiger partial charge in [-0.25, -0.2) is 0 Å². The number of rotatable bonds is 6. The minimum atomic E-state index is 0.604. The number of hydrogen-bond donors (Lipinski definition) is 2. The molecule has 0 atom stereocenters. The number of piperidine rings is 1. The maximum atomic E-state index is 3.72. The van der Waals surface area contributed by atoms with Crippen molar-refractivity contribution in [3.63, 3.8) is 0 Å². The molecule has 0 unspecified atom stereocenters. The van der Waals surface area contributed by atoms with Crippen LogP contribution in [-0.4, -0.2) is 26.2 Å². The van der Waals surface area contributed by atoms with Gasteiger partial charge in [-0.05, 0) is 69.5 Å². The van der Waals surface area contributed by atoms with E-state index >= 15 is 0 Å². The Hall–Kier alpha value is -0.0800. The molecule has 0 aromatic heterocycles. The summed E-state index contributed by atoms with van der Waals surface area (Å²) in [6.45, 7) is 7.46. The topological polar surface area (TPSA) is 24.1 Å². The Morgan fingerprint density at radius 3 is 2.56 bits per heavy atom. The molecule has 0 aromatic carbocycles. The first-order valence-electron chi connectivity index (χ1n) is 8.20. The molecule has 0 radical (unpaired) electrons. The first-order valence-corrected chi connectivity index (χ1v) is 8.20. The average Bonchev–Trinajstić information content (AvgIpc) is 2.40. The van der Waals surface area contributed by atoms with Crippen molar-refractivity contribution in [1.29, 1.82) is 0 Å². The van der Waals surface area contributed by atoms with E-state index in [1.165, 1.54) is 84.0 Å². The van der Waals surface area contributed by atoms with Crippen molar-refractivity contribution in [2.24, 2.45) is 11.3 Å². The highest BCUT2D eigenvalue weighted by Crippen LogP contribution is 2.34. The van der Waals surface area contributed by atoms with Gasteiger partial charge in [0, 0.05) is 6.54 Å². The fourth-order valence-electron chi connectivity index (χ4n) is 3.66. The van der Waals surface area contributed by atoms with Crippen LogP contribution >= 0.6 is 0 Å². The standard InChI is InChI=1S/C16H32N2/c1-16(9-3-2-4-10-16)14-18-11-5-6-15-7-12-17-13-8-15/h15,17-18H,2-14H2,1H3. The molecule has 0 spiro atoms. The van der Waals surface area contributed by atoms with Gasteiger partial charge in [0.15, 0.2) is 0 Å². The van der Waals surface area contributed by atoms with Crippen molar-refractivity contribution in [2.45, 2.75) is 64.7 Å². The summed E-state index contributed by atoms with van der Waals surface area (Å²) in [7, 11) is 0. The van der Waals surface area contributed by atoms with Crippen LogP contribution in [-0.2, 0) is 0 Å². The summed E-state index contributed by atoms with van der Waals surface area (Å²) >= 11 is 0. The lowest BCUT2D eigenvalue weighted by molar-refractivity contribution is 0.207. The molecule has 0 bridgehead atoms. The zero-order valence-corrected chi connectivity index (χ0v) is 12.3. The summed E-state index contributed by atoms with van der Waals surface area (Å²) in [4.78, 5) is 0. The van der Waals surface area contributed by atoms with Crippen LogP contribution < -0.4 is 10.6 Å². The Kier molecular flexibility index (Phi) is 5.97. The monoisotopic (exact) mass is 252 g/mol. The minimum absolute atomic E-state index is 0.604. The quantitative estimate of drug-likeness (QED) is 0.709. The molecule has 2 heteroatoms. The third kappa shape index (κ3) is 4.89. The van der Waals surface area contributed by atoms with Gasteiger partial charge in [0.05, 0.1) is 0 Å². The molecule has 2 fully saturated rings. The maximum absolute atomic E-state index is 3.72. The molecular formula is C16H32N2. The normalized spacial score (nSPS) is 25.2. The van der Waals surface area contributed by atoms with Crippen molar-refractivity contribution in [1.82, 2.24) is 10.6 Å². The van der Waals surface area contributed by atoms with Crippen LogP contribution in [0.4, 0.5) is 0 Å². The van der Waals surface area contributed by atoms with Gasteiger partial charge in [0.25, 0.3) is 0 Å². The van der Waals surface area contributed by atoms with Crippen LogP contribution in [0.25, 0.3) is 0 Å². The van der Waals surface area contributed by atoms with E-state index in [1.54, 1.807) is 0 Å². The summed E-state index contributed by atoms with van der Waals surface area (Å²) in [6.07, 6.45) is 12.9. The van der Waals surface area contributed by atoms with Crippen LogP contribution in [0.3, 0.4) is 0 Å². The maximum Gasteiger partial charge on any atom is 0.000516 e. The highest BCUT2D eigenvalue weighted by atomic mass is 14.9. The van der Waals surface area contributed by atoms with E-state index in [1.807, 2.05) is 0 Å². The summed E-state index contributed by atoms with van der Waals surface area (Å²) in [5.74, 6) is 0.998. The molecule has 0 amide bonds. The van der Waals surface area contributed by atoms with Crippen LogP contribution in [0.2, 0.25) is 0 Å². The first kappa shape index (κ1) is 14.3. The van der Waals surface area contributed by atoms with Gasteiger partial charge in [-0.2, -0.15) is 0 Å². The Balaban J connectivity index is 1.50. The molecule has 2 aliphatic rings. The van der Waals surface area contributed by atoms with E-state index < -0.39 is 0 Å².